The summed E-state index contributed by atoms with van der Waals surface area (Å²) < 4.78 is 40.1. The third-order valence-corrected chi connectivity index (χ3v) is 4.22. The van der Waals surface area contributed by atoms with Crippen molar-refractivity contribution in [2.45, 2.75) is 6.54 Å². The number of anilines is 1. The minimum absolute atomic E-state index is 0.0412. The summed E-state index contributed by atoms with van der Waals surface area (Å²) in [6.07, 6.45) is 1.36. The molecule has 154 valence electrons. The summed E-state index contributed by atoms with van der Waals surface area (Å²) in [5, 5.41) is 4.85. The maximum Gasteiger partial charge on any atom is 0.273 e. The first-order valence-electron chi connectivity index (χ1n) is 8.67. The number of carbonyl (C=O) groups excluding carboxylic acids is 2. The van der Waals surface area contributed by atoms with E-state index in [1.165, 1.54) is 25.4 Å². The summed E-state index contributed by atoms with van der Waals surface area (Å²) in [6, 6.07) is 8.06. The van der Waals surface area contributed by atoms with Crippen LogP contribution < -0.4 is 16.4 Å². The molecule has 3 rings (SSSR count). The number of hydrogen-bond acceptors (Lipinski definition) is 5. The molecule has 0 radical (unpaired) electrons. The Kier molecular flexibility index (Phi) is 5.95. The lowest BCUT2D eigenvalue weighted by Gasteiger charge is -2.09. The number of nitrogens with zero attached hydrogens (tertiary/aromatic N) is 2. The van der Waals surface area contributed by atoms with Crippen molar-refractivity contribution in [3.05, 3.63) is 76.9 Å². The lowest BCUT2D eigenvalue weighted by molar-refractivity contribution is 0.0945. The van der Waals surface area contributed by atoms with Gasteiger partial charge in [-0.25, -0.2) is 23.1 Å². The van der Waals surface area contributed by atoms with Gasteiger partial charge in [-0.05, 0) is 18.2 Å². The van der Waals surface area contributed by atoms with E-state index in [1.54, 1.807) is 12.1 Å². The molecule has 7 nitrogen and oxygen atoms in total. The topological polar surface area (TPSA) is 110 Å². The molecular weight excluding hydrogens is 399 g/mol. The predicted molar refractivity (Wildman–Crippen MR) is 103 cm³/mol. The number of nitrogens with two attached hydrogens (primary N) is 1. The van der Waals surface area contributed by atoms with Crippen molar-refractivity contribution >= 4 is 17.6 Å². The van der Waals surface area contributed by atoms with E-state index in [-0.39, 0.29) is 29.2 Å². The van der Waals surface area contributed by atoms with Gasteiger partial charge in [0, 0.05) is 30.3 Å². The lowest BCUT2D eigenvalue weighted by atomic mass is 10.1. The molecule has 1 aromatic heterocycles. The average Bonchev–Trinajstić information content (AvgIpc) is 2.76. The van der Waals surface area contributed by atoms with Crippen LogP contribution in [-0.4, -0.2) is 28.8 Å². The molecule has 4 N–H and O–H groups in total. The Morgan fingerprint density at radius 2 is 1.83 bits per heavy atom. The van der Waals surface area contributed by atoms with E-state index in [9.17, 15) is 22.8 Å². The quantitative estimate of drug-likeness (QED) is 0.555. The Morgan fingerprint density at radius 3 is 2.57 bits per heavy atom. The zero-order valence-corrected chi connectivity index (χ0v) is 15.7. The molecule has 30 heavy (non-hydrogen) atoms. The number of amides is 2. The van der Waals surface area contributed by atoms with E-state index >= 15 is 0 Å². The van der Waals surface area contributed by atoms with Crippen LogP contribution >= 0.6 is 0 Å². The van der Waals surface area contributed by atoms with E-state index in [0.717, 1.165) is 12.1 Å². The summed E-state index contributed by atoms with van der Waals surface area (Å²) in [5.74, 6) is -5.39. The molecule has 0 spiro atoms. The van der Waals surface area contributed by atoms with Gasteiger partial charge in [0.1, 0.15) is 0 Å². The van der Waals surface area contributed by atoms with Crippen LogP contribution in [-0.2, 0) is 6.54 Å². The van der Waals surface area contributed by atoms with E-state index in [4.69, 9.17) is 5.73 Å². The van der Waals surface area contributed by atoms with E-state index in [2.05, 4.69) is 20.6 Å². The van der Waals surface area contributed by atoms with Crippen LogP contribution in [0, 0.1) is 17.5 Å². The highest BCUT2D eigenvalue weighted by Gasteiger charge is 2.16. The molecule has 2 amide bonds. The fourth-order valence-electron chi connectivity index (χ4n) is 2.62. The van der Waals surface area contributed by atoms with Gasteiger partial charge < -0.3 is 16.4 Å². The molecule has 3 aromatic rings. The van der Waals surface area contributed by atoms with Crippen LogP contribution in [0.2, 0.25) is 0 Å². The molecule has 0 aliphatic heterocycles. The molecule has 0 unspecified atom stereocenters. The van der Waals surface area contributed by atoms with Gasteiger partial charge in [-0.3, -0.25) is 9.59 Å². The smallest absolute Gasteiger partial charge is 0.273 e. The Balaban J connectivity index is 1.81. The highest BCUT2D eigenvalue weighted by molar-refractivity contribution is 5.97. The molecule has 0 saturated heterocycles. The zero-order chi connectivity index (χ0) is 21.8. The lowest BCUT2D eigenvalue weighted by Crippen LogP contribution is -2.23. The normalized spacial score (nSPS) is 10.5. The van der Waals surface area contributed by atoms with Crippen LogP contribution in [0.3, 0.4) is 0 Å². The molecule has 1 heterocycles. The fourth-order valence-corrected chi connectivity index (χ4v) is 2.62. The number of nitrogen functional groups attached to an aromatic ring is 1. The standard InChI is InChI=1S/C20H16F3N5O2/c1-25-20(30)17-18(24)26-9-14(28-17)10-3-2-4-11(7-10)19(29)27-8-12-5-6-13(21)16(23)15(12)22/h2-7,9H,8H2,1H3,(H2,24,26)(H,25,30)(H,27,29). The van der Waals surface area contributed by atoms with Gasteiger partial charge in [0.15, 0.2) is 29.0 Å². The molecule has 0 atom stereocenters. The molecule has 10 heteroatoms. The van der Waals surface area contributed by atoms with Gasteiger partial charge in [0.2, 0.25) is 0 Å². The third kappa shape index (κ3) is 4.22. The maximum atomic E-state index is 13.7. The Hall–Kier alpha value is -3.95. The van der Waals surface area contributed by atoms with Crippen LogP contribution in [0.5, 0.6) is 0 Å². The molecule has 2 aromatic carbocycles. The second-order valence-electron chi connectivity index (χ2n) is 6.17. The van der Waals surface area contributed by atoms with Crippen LogP contribution in [0.1, 0.15) is 26.4 Å². The number of carbonyl (C=O) groups is 2. The minimum atomic E-state index is -1.60. The summed E-state index contributed by atoms with van der Waals surface area (Å²) in [4.78, 5) is 32.4. The van der Waals surface area contributed by atoms with E-state index in [1.807, 2.05) is 0 Å². The average molecular weight is 415 g/mol. The number of rotatable bonds is 5. The van der Waals surface area contributed by atoms with Gasteiger partial charge in [0.25, 0.3) is 11.8 Å². The van der Waals surface area contributed by atoms with Crippen molar-refractivity contribution in [3.8, 4) is 11.3 Å². The third-order valence-electron chi connectivity index (χ3n) is 4.22. The molecule has 0 aliphatic carbocycles. The van der Waals surface area contributed by atoms with Gasteiger partial charge in [0.05, 0.1) is 11.9 Å². The highest BCUT2D eigenvalue weighted by Crippen LogP contribution is 2.20. The number of benzene rings is 2. The number of aromatic nitrogens is 2. The first-order chi connectivity index (χ1) is 14.3. The number of halogens is 3. The van der Waals surface area contributed by atoms with Crippen molar-refractivity contribution in [1.29, 1.82) is 0 Å². The molecule has 0 fully saturated rings. The zero-order valence-electron chi connectivity index (χ0n) is 15.7. The number of nitrogens with one attached hydrogen (secondary N) is 2. The molecule has 0 bridgehead atoms. The highest BCUT2D eigenvalue weighted by atomic mass is 19.2. The van der Waals surface area contributed by atoms with Crippen LogP contribution in [0.15, 0.2) is 42.6 Å². The van der Waals surface area contributed by atoms with E-state index in [0.29, 0.717) is 11.3 Å². The van der Waals surface area contributed by atoms with Gasteiger partial charge >= 0.3 is 0 Å². The second-order valence-corrected chi connectivity index (χ2v) is 6.17. The summed E-state index contributed by atoms with van der Waals surface area (Å²) in [7, 11) is 1.43. The van der Waals surface area contributed by atoms with Crippen LogP contribution in [0.4, 0.5) is 19.0 Å². The van der Waals surface area contributed by atoms with Crippen molar-refractivity contribution in [2.75, 3.05) is 12.8 Å². The van der Waals surface area contributed by atoms with Gasteiger partial charge in [-0.15, -0.1) is 0 Å². The van der Waals surface area contributed by atoms with Crippen LogP contribution in [0.25, 0.3) is 11.3 Å². The van der Waals surface area contributed by atoms with E-state index < -0.39 is 29.3 Å². The molecule has 0 aliphatic rings. The van der Waals surface area contributed by atoms with Crippen molar-refractivity contribution in [2.24, 2.45) is 0 Å². The van der Waals surface area contributed by atoms with Crippen molar-refractivity contribution in [3.63, 3.8) is 0 Å². The number of hydrogen-bond donors (Lipinski definition) is 3. The monoisotopic (exact) mass is 415 g/mol. The molecular formula is C20H16F3N5O2. The van der Waals surface area contributed by atoms with Crippen molar-refractivity contribution < 1.29 is 22.8 Å². The second kappa shape index (κ2) is 8.60. The summed E-state index contributed by atoms with van der Waals surface area (Å²) in [6.45, 7) is -0.339. The Morgan fingerprint density at radius 1 is 1.07 bits per heavy atom. The first-order valence-corrected chi connectivity index (χ1v) is 8.67. The SMILES string of the molecule is CNC(=O)c1nc(-c2cccc(C(=O)NCc3ccc(F)c(F)c3F)c2)cnc1N. The molecule has 0 saturated carbocycles. The van der Waals surface area contributed by atoms with Gasteiger partial charge in [-0.2, -0.15) is 0 Å². The minimum Gasteiger partial charge on any atom is -0.382 e. The predicted octanol–water partition coefficient (Wildman–Crippen LogP) is 2.43. The largest absolute Gasteiger partial charge is 0.382 e. The van der Waals surface area contributed by atoms with Crippen molar-refractivity contribution in [1.82, 2.24) is 20.6 Å². The Labute approximate surface area is 169 Å². The van der Waals surface area contributed by atoms with Gasteiger partial charge in [-0.1, -0.05) is 18.2 Å². The summed E-state index contributed by atoms with van der Waals surface area (Å²) in [5.41, 5.74) is 6.42. The summed E-state index contributed by atoms with van der Waals surface area (Å²) >= 11 is 0. The first kappa shape index (κ1) is 20.8. The maximum absolute atomic E-state index is 13.7. The Bertz CT molecular complexity index is 1140. The fraction of sp³-hybridized carbons (Fsp3) is 0.100.